The molecule has 1 fully saturated rings. The summed E-state index contributed by atoms with van der Waals surface area (Å²) in [4.78, 5) is 4.14. The van der Waals surface area contributed by atoms with E-state index in [2.05, 4.69) is 21.9 Å². The number of thioether (sulfide) groups is 1. The predicted octanol–water partition coefficient (Wildman–Crippen LogP) is 0.924. The van der Waals surface area contributed by atoms with Crippen molar-refractivity contribution in [3.63, 3.8) is 0 Å². The van der Waals surface area contributed by atoms with Crippen LogP contribution in [0, 0.1) is 5.92 Å². The molecule has 0 aromatic rings. The second kappa shape index (κ2) is 6.13. The highest BCUT2D eigenvalue weighted by Crippen LogP contribution is 2.27. The summed E-state index contributed by atoms with van der Waals surface area (Å²) in [6.45, 7) is 2.07. The van der Waals surface area contributed by atoms with E-state index < -0.39 is 0 Å². The second-order valence-electron chi connectivity index (χ2n) is 3.32. The van der Waals surface area contributed by atoms with Crippen molar-refractivity contribution in [1.29, 1.82) is 0 Å². The Morgan fingerprint density at radius 2 is 2.23 bits per heavy atom. The topological polar surface area (TPSA) is 36.4 Å². The molecule has 0 spiro atoms. The zero-order valence-electron chi connectivity index (χ0n) is 8.47. The van der Waals surface area contributed by atoms with E-state index in [1.165, 1.54) is 12.8 Å². The highest BCUT2D eigenvalue weighted by molar-refractivity contribution is 7.98. The zero-order valence-corrected chi connectivity index (χ0v) is 9.28. The third-order valence-electron chi connectivity index (χ3n) is 2.08. The van der Waals surface area contributed by atoms with Crippen LogP contribution in [-0.2, 0) is 0 Å². The minimum atomic E-state index is 0.902. The van der Waals surface area contributed by atoms with Gasteiger partial charge in [-0.25, -0.2) is 0 Å². The Hall–Kier alpha value is -0.380. The number of hydrogen-bond acceptors (Lipinski definition) is 2. The van der Waals surface area contributed by atoms with Crippen LogP contribution >= 0.6 is 11.8 Å². The van der Waals surface area contributed by atoms with E-state index in [-0.39, 0.29) is 0 Å². The molecule has 13 heavy (non-hydrogen) atoms. The van der Waals surface area contributed by atoms with Crippen molar-refractivity contribution in [1.82, 2.24) is 10.6 Å². The Morgan fingerprint density at radius 1 is 1.46 bits per heavy atom. The number of hydrogen-bond donors (Lipinski definition) is 2. The summed E-state index contributed by atoms with van der Waals surface area (Å²) in [5.41, 5.74) is 0. The monoisotopic (exact) mass is 201 g/mol. The molecule has 2 N–H and O–H groups in total. The Labute approximate surface area is 84.8 Å². The fourth-order valence-electron chi connectivity index (χ4n) is 1.06. The van der Waals surface area contributed by atoms with Crippen molar-refractivity contribution in [3.05, 3.63) is 0 Å². The minimum absolute atomic E-state index is 0.902. The summed E-state index contributed by atoms with van der Waals surface area (Å²) >= 11 is 1.85. The van der Waals surface area contributed by atoms with Crippen molar-refractivity contribution in [2.24, 2.45) is 10.9 Å². The lowest BCUT2D eigenvalue weighted by molar-refractivity contribution is 0.745. The van der Waals surface area contributed by atoms with Crippen molar-refractivity contribution >= 4 is 17.7 Å². The van der Waals surface area contributed by atoms with Gasteiger partial charge in [-0.3, -0.25) is 4.99 Å². The van der Waals surface area contributed by atoms with Gasteiger partial charge in [0.25, 0.3) is 0 Å². The normalized spacial score (nSPS) is 17.2. The molecule has 0 bridgehead atoms. The van der Waals surface area contributed by atoms with Crippen LogP contribution in [0.1, 0.15) is 12.8 Å². The third-order valence-corrected chi connectivity index (χ3v) is 2.69. The van der Waals surface area contributed by atoms with Crippen LogP contribution in [0.5, 0.6) is 0 Å². The minimum Gasteiger partial charge on any atom is -0.356 e. The fourth-order valence-corrected chi connectivity index (χ4v) is 1.36. The van der Waals surface area contributed by atoms with Gasteiger partial charge in [0, 0.05) is 25.9 Å². The van der Waals surface area contributed by atoms with Crippen molar-refractivity contribution < 1.29 is 0 Å². The number of nitrogens with one attached hydrogen (secondary N) is 2. The molecular weight excluding hydrogens is 182 g/mol. The van der Waals surface area contributed by atoms with E-state index in [4.69, 9.17) is 0 Å². The molecule has 0 aromatic carbocycles. The molecular formula is C9H19N3S. The van der Waals surface area contributed by atoms with Crippen molar-refractivity contribution in [2.75, 3.05) is 32.1 Å². The molecule has 1 rings (SSSR count). The maximum absolute atomic E-state index is 4.14. The quantitative estimate of drug-likeness (QED) is 0.394. The van der Waals surface area contributed by atoms with Gasteiger partial charge in [0.2, 0.25) is 0 Å². The second-order valence-corrected chi connectivity index (χ2v) is 4.30. The first-order valence-corrected chi connectivity index (χ1v) is 6.19. The van der Waals surface area contributed by atoms with Crippen LogP contribution in [0.4, 0.5) is 0 Å². The van der Waals surface area contributed by atoms with Crippen LogP contribution < -0.4 is 10.6 Å². The highest BCUT2D eigenvalue weighted by atomic mass is 32.2. The van der Waals surface area contributed by atoms with Gasteiger partial charge in [-0.1, -0.05) is 0 Å². The predicted molar refractivity (Wildman–Crippen MR) is 60.5 cm³/mol. The average molecular weight is 201 g/mol. The molecule has 3 nitrogen and oxygen atoms in total. The van der Waals surface area contributed by atoms with Gasteiger partial charge in [0.15, 0.2) is 5.96 Å². The number of aliphatic imine (C=N–C) groups is 1. The molecule has 1 aliphatic carbocycles. The molecule has 0 heterocycles. The van der Waals surface area contributed by atoms with Gasteiger partial charge in [0.05, 0.1) is 0 Å². The summed E-state index contributed by atoms with van der Waals surface area (Å²) in [7, 11) is 1.82. The highest BCUT2D eigenvalue weighted by Gasteiger charge is 2.20. The lowest BCUT2D eigenvalue weighted by atomic mass is 10.4. The molecule has 0 atom stereocenters. The molecule has 1 saturated carbocycles. The molecule has 1 aliphatic rings. The van der Waals surface area contributed by atoms with E-state index in [1.807, 2.05) is 18.8 Å². The average Bonchev–Trinajstić information content (AvgIpc) is 2.94. The molecule has 0 amide bonds. The lowest BCUT2D eigenvalue weighted by Gasteiger charge is -2.10. The van der Waals surface area contributed by atoms with Crippen molar-refractivity contribution in [2.45, 2.75) is 12.8 Å². The Bertz CT molecular complexity index is 166. The Balaban J connectivity index is 2.03. The molecule has 0 aromatic heterocycles. The van der Waals surface area contributed by atoms with Gasteiger partial charge < -0.3 is 10.6 Å². The SMILES string of the molecule is CN=C(NCCSC)NCC1CC1. The first-order valence-electron chi connectivity index (χ1n) is 4.80. The van der Waals surface area contributed by atoms with Crippen LogP contribution in [0.15, 0.2) is 4.99 Å². The Morgan fingerprint density at radius 3 is 2.77 bits per heavy atom. The smallest absolute Gasteiger partial charge is 0.191 e. The number of nitrogens with zero attached hydrogens (tertiary/aromatic N) is 1. The van der Waals surface area contributed by atoms with E-state index in [0.717, 1.165) is 30.7 Å². The largest absolute Gasteiger partial charge is 0.356 e. The first-order chi connectivity index (χ1) is 6.36. The molecule has 0 aliphatic heterocycles. The maximum atomic E-state index is 4.14. The van der Waals surface area contributed by atoms with Crippen LogP contribution in [0.2, 0.25) is 0 Å². The number of guanidine groups is 1. The van der Waals surface area contributed by atoms with Gasteiger partial charge in [-0.05, 0) is 25.0 Å². The zero-order chi connectivity index (χ0) is 9.52. The van der Waals surface area contributed by atoms with E-state index in [0.29, 0.717) is 0 Å². The van der Waals surface area contributed by atoms with Crippen molar-refractivity contribution in [3.8, 4) is 0 Å². The third kappa shape index (κ3) is 5.03. The van der Waals surface area contributed by atoms with Gasteiger partial charge >= 0.3 is 0 Å². The summed E-state index contributed by atoms with van der Waals surface area (Å²) in [6.07, 6.45) is 4.88. The van der Waals surface area contributed by atoms with Gasteiger partial charge in [-0.2, -0.15) is 11.8 Å². The summed E-state index contributed by atoms with van der Waals surface area (Å²) in [5.74, 6) is 2.98. The molecule has 0 unspecified atom stereocenters. The van der Waals surface area contributed by atoms with Crippen LogP contribution in [0.3, 0.4) is 0 Å². The lowest BCUT2D eigenvalue weighted by Crippen LogP contribution is -2.39. The summed E-state index contributed by atoms with van der Waals surface area (Å²) < 4.78 is 0. The summed E-state index contributed by atoms with van der Waals surface area (Å²) in [5, 5.41) is 6.59. The van der Waals surface area contributed by atoms with E-state index in [9.17, 15) is 0 Å². The molecule has 4 heteroatoms. The van der Waals surface area contributed by atoms with Gasteiger partial charge in [0.1, 0.15) is 0 Å². The summed E-state index contributed by atoms with van der Waals surface area (Å²) in [6, 6.07) is 0. The maximum Gasteiger partial charge on any atom is 0.191 e. The molecule has 76 valence electrons. The molecule has 0 saturated heterocycles. The van der Waals surface area contributed by atoms with Gasteiger partial charge in [-0.15, -0.1) is 0 Å². The first kappa shape index (κ1) is 10.7. The molecule has 0 radical (unpaired) electrons. The van der Waals surface area contributed by atoms with Crippen LogP contribution in [0.25, 0.3) is 0 Å². The Kier molecular flexibility index (Phi) is 5.05. The number of rotatable bonds is 5. The van der Waals surface area contributed by atoms with E-state index in [1.54, 1.807) is 0 Å². The van der Waals surface area contributed by atoms with Crippen LogP contribution in [-0.4, -0.2) is 38.1 Å². The standard InChI is InChI=1S/C9H19N3S/c1-10-9(11-5-6-13-2)12-7-8-3-4-8/h8H,3-7H2,1-2H3,(H2,10,11,12). The fraction of sp³-hybridized carbons (Fsp3) is 0.889. The van der Waals surface area contributed by atoms with E-state index >= 15 is 0 Å².